The quantitative estimate of drug-likeness (QED) is 0.155. The molecule has 0 fully saturated rings. The van der Waals surface area contributed by atoms with E-state index >= 15 is 0 Å². The van der Waals surface area contributed by atoms with Gasteiger partial charge in [0.15, 0.2) is 0 Å². The molecule has 0 aliphatic rings. The number of aromatic hydroxyl groups is 2. The maximum Gasteiger partial charge on any atom is 0.270 e. The second-order valence-electron chi connectivity index (χ2n) is 6.39. The fraction of sp³-hybridized carbons (Fsp3) is 0. The van der Waals surface area contributed by atoms with Crippen LogP contribution in [0.3, 0.4) is 0 Å². The Morgan fingerprint density at radius 3 is 2.55 bits per heavy atom. The molecule has 0 atom stereocenters. The van der Waals surface area contributed by atoms with Crippen LogP contribution in [0.15, 0.2) is 54.6 Å². The summed E-state index contributed by atoms with van der Waals surface area (Å²) in [5, 5.41) is 39.6. The molecule has 4 aromatic rings. The van der Waals surface area contributed by atoms with Crippen molar-refractivity contribution in [2.75, 3.05) is 0 Å². The molecule has 0 bridgehead atoms. The number of fused-ring (bicyclic) bond motifs is 1. The van der Waals surface area contributed by atoms with Gasteiger partial charge in [-0.25, -0.2) is 4.98 Å². The molecule has 6 N–H and O–H groups in total. The van der Waals surface area contributed by atoms with Gasteiger partial charge in [0, 0.05) is 28.8 Å². The highest BCUT2D eigenvalue weighted by Gasteiger charge is 2.18. The molecule has 29 heavy (non-hydrogen) atoms. The molecule has 0 saturated heterocycles. The number of amidine groups is 1. The van der Waals surface area contributed by atoms with Crippen molar-refractivity contribution in [3.8, 4) is 34.0 Å². The first kappa shape index (κ1) is 18.0. The number of nitro benzene ring substituents is 1. The predicted molar refractivity (Wildman–Crippen MR) is 108 cm³/mol. The van der Waals surface area contributed by atoms with Crippen molar-refractivity contribution in [1.82, 2.24) is 9.97 Å². The highest BCUT2D eigenvalue weighted by atomic mass is 16.6. The van der Waals surface area contributed by atoms with Crippen LogP contribution >= 0.6 is 0 Å². The maximum absolute atomic E-state index is 11.1. The lowest BCUT2D eigenvalue weighted by Gasteiger charge is -2.10. The molecule has 3 aromatic carbocycles. The number of nitrogens with two attached hydrogens (primary N) is 1. The normalized spacial score (nSPS) is 10.9. The van der Waals surface area contributed by atoms with E-state index in [1.165, 1.54) is 18.2 Å². The molecule has 0 amide bonds. The number of nitrogen functional groups attached to an aromatic ring is 1. The molecule has 9 heteroatoms. The van der Waals surface area contributed by atoms with Crippen LogP contribution in [-0.4, -0.2) is 30.9 Å². The van der Waals surface area contributed by atoms with Gasteiger partial charge in [-0.05, 0) is 30.3 Å². The van der Waals surface area contributed by atoms with Crippen molar-refractivity contribution < 1.29 is 15.1 Å². The van der Waals surface area contributed by atoms with E-state index in [0.717, 1.165) is 0 Å². The Kier molecular flexibility index (Phi) is 4.12. The summed E-state index contributed by atoms with van der Waals surface area (Å²) in [5.41, 5.74) is 7.82. The zero-order valence-corrected chi connectivity index (χ0v) is 14.9. The van der Waals surface area contributed by atoms with E-state index in [2.05, 4.69) is 9.97 Å². The highest BCUT2D eigenvalue weighted by molar-refractivity contribution is 5.98. The molecular formula is C20H15N5O4. The van der Waals surface area contributed by atoms with E-state index in [0.29, 0.717) is 28.0 Å². The van der Waals surface area contributed by atoms with Gasteiger partial charge in [0.25, 0.3) is 5.69 Å². The SMILES string of the molecule is N=C(N)c1ccc2nc(-c3cccc(-c4cc([N+](=O)[O-])ccc4O)c3O)[nH]c2c1. The van der Waals surface area contributed by atoms with E-state index in [9.17, 15) is 20.3 Å². The van der Waals surface area contributed by atoms with Gasteiger partial charge >= 0.3 is 0 Å². The van der Waals surface area contributed by atoms with Crippen LogP contribution in [0.25, 0.3) is 33.5 Å². The number of H-pyrrole nitrogens is 1. The Hall–Kier alpha value is -4.40. The predicted octanol–water partition coefficient (Wildman–Crippen LogP) is 3.50. The van der Waals surface area contributed by atoms with Crippen molar-refractivity contribution in [3.63, 3.8) is 0 Å². The maximum atomic E-state index is 11.1. The zero-order chi connectivity index (χ0) is 20.7. The first-order valence-electron chi connectivity index (χ1n) is 8.49. The number of imidazole rings is 1. The van der Waals surface area contributed by atoms with Crippen LogP contribution < -0.4 is 5.73 Å². The number of benzene rings is 3. The number of aromatic amines is 1. The van der Waals surface area contributed by atoms with Crippen LogP contribution in [0.4, 0.5) is 5.69 Å². The van der Waals surface area contributed by atoms with Crippen LogP contribution in [0, 0.1) is 15.5 Å². The number of aromatic nitrogens is 2. The number of phenolic OH excluding ortho intramolecular Hbond substituents is 2. The number of nitrogens with zero attached hydrogens (tertiary/aromatic N) is 2. The van der Waals surface area contributed by atoms with E-state index in [1.54, 1.807) is 36.4 Å². The Morgan fingerprint density at radius 1 is 1.07 bits per heavy atom. The number of hydrogen-bond donors (Lipinski definition) is 5. The van der Waals surface area contributed by atoms with Gasteiger partial charge in [0.2, 0.25) is 0 Å². The molecular weight excluding hydrogens is 374 g/mol. The number of hydrogen-bond acceptors (Lipinski definition) is 6. The topological polar surface area (TPSA) is 162 Å². The number of nitro groups is 1. The van der Waals surface area contributed by atoms with Crippen molar-refractivity contribution in [2.24, 2.45) is 5.73 Å². The van der Waals surface area contributed by atoms with E-state index in [4.69, 9.17) is 11.1 Å². The molecule has 9 nitrogen and oxygen atoms in total. The van der Waals surface area contributed by atoms with Crippen LogP contribution in [0.1, 0.15) is 5.56 Å². The molecule has 0 aliphatic heterocycles. The summed E-state index contributed by atoms with van der Waals surface area (Å²) in [6.45, 7) is 0. The Bertz CT molecular complexity index is 1300. The number of para-hydroxylation sites is 1. The monoisotopic (exact) mass is 389 g/mol. The van der Waals surface area contributed by atoms with Crippen LogP contribution in [-0.2, 0) is 0 Å². The summed E-state index contributed by atoms with van der Waals surface area (Å²) in [4.78, 5) is 18.0. The summed E-state index contributed by atoms with van der Waals surface area (Å²) >= 11 is 0. The van der Waals surface area contributed by atoms with Gasteiger partial charge in [-0.15, -0.1) is 0 Å². The minimum atomic E-state index is -0.574. The molecule has 0 radical (unpaired) electrons. The molecule has 144 valence electrons. The number of phenols is 2. The van der Waals surface area contributed by atoms with Crippen LogP contribution in [0.5, 0.6) is 11.5 Å². The Morgan fingerprint density at radius 2 is 1.83 bits per heavy atom. The minimum absolute atomic E-state index is 0.0750. The third-order valence-electron chi connectivity index (χ3n) is 4.57. The molecule has 0 aliphatic carbocycles. The van der Waals surface area contributed by atoms with E-state index in [-0.39, 0.29) is 34.1 Å². The average Bonchev–Trinajstić information content (AvgIpc) is 3.11. The minimum Gasteiger partial charge on any atom is -0.507 e. The van der Waals surface area contributed by atoms with Crippen molar-refractivity contribution in [1.29, 1.82) is 5.41 Å². The molecule has 4 rings (SSSR count). The molecule has 1 aromatic heterocycles. The fourth-order valence-corrected chi connectivity index (χ4v) is 3.11. The van der Waals surface area contributed by atoms with Crippen LogP contribution in [0.2, 0.25) is 0 Å². The highest BCUT2D eigenvalue weighted by Crippen LogP contribution is 2.42. The molecule has 1 heterocycles. The van der Waals surface area contributed by atoms with Gasteiger partial charge in [0.05, 0.1) is 21.5 Å². The lowest BCUT2D eigenvalue weighted by atomic mass is 9.99. The van der Waals surface area contributed by atoms with E-state index in [1.807, 2.05) is 0 Å². The first-order valence-corrected chi connectivity index (χ1v) is 8.49. The summed E-state index contributed by atoms with van der Waals surface area (Å²) in [5.74, 6) is -0.0908. The largest absolute Gasteiger partial charge is 0.507 e. The first-order chi connectivity index (χ1) is 13.8. The summed E-state index contributed by atoms with van der Waals surface area (Å²) in [6, 6.07) is 13.5. The average molecular weight is 389 g/mol. The second kappa shape index (κ2) is 6.64. The van der Waals surface area contributed by atoms with Crippen molar-refractivity contribution in [3.05, 3.63) is 70.3 Å². The molecule has 0 unspecified atom stereocenters. The zero-order valence-electron chi connectivity index (χ0n) is 14.9. The third kappa shape index (κ3) is 3.10. The van der Waals surface area contributed by atoms with Gasteiger partial charge in [-0.3, -0.25) is 15.5 Å². The van der Waals surface area contributed by atoms with Gasteiger partial charge < -0.3 is 20.9 Å². The summed E-state index contributed by atoms with van der Waals surface area (Å²) < 4.78 is 0. The van der Waals surface area contributed by atoms with E-state index < -0.39 is 4.92 Å². The molecule has 0 spiro atoms. The Labute approximate surface area is 163 Å². The van der Waals surface area contributed by atoms with Crippen molar-refractivity contribution in [2.45, 2.75) is 0 Å². The Balaban J connectivity index is 1.86. The fourth-order valence-electron chi connectivity index (χ4n) is 3.11. The lowest BCUT2D eigenvalue weighted by molar-refractivity contribution is -0.384. The summed E-state index contributed by atoms with van der Waals surface area (Å²) in [6.07, 6.45) is 0. The third-order valence-corrected chi connectivity index (χ3v) is 4.57. The number of rotatable bonds is 4. The standard InChI is InChI=1S/C20H15N5O4/c21-19(22)10-4-6-15-16(8-10)24-20(23-15)13-3-1-2-12(18(13)27)14-9-11(25(28)29)5-7-17(14)26/h1-9,26-27H,(H3,21,22)(H,23,24). The van der Waals surface area contributed by atoms with Crippen molar-refractivity contribution >= 4 is 22.6 Å². The number of nitrogens with one attached hydrogen (secondary N) is 2. The number of non-ortho nitro benzene ring substituents is 1. The van der Waals surface area contributed by atoms with Gasteiger partial charge in [-0.2, -0.15) is 0 Å². The van der Waals surface area contributed by atoms with Gasteiger partial charge in [0.1, 0.15) is 23.2 Å². The second-order valence-corrected chi connectivity index (χ2v) is 6.39. The smallest absolute Gasteiger partial charge is 0.270 e. The van der Waals surface area contributed by atoms with Gasteiger partial charge in [-0.1, -0.05) is 12.1 Å². The summed E-state index contributed by atoms with van der Waals surface area (Å²) in [7, 11) is 0. The molecule has 0 saturated carbocycles. The lowest BCUT2D eigenvalue weighted by Crippen LogP contribution is -2.10.